The van der Waals surface area contributed by atoms with Crippen molar-refractivity contribution in [2.24, 2.45) is 0 Å². The average molecular weight is 458 g/mol. The second-order valence-electron chi connectivity index (χ2n) is 6.71. The van der Waals surface area contributed by atoms with Gasteiger partial charge in [-0.3, -0.25) is 4.79 Å². The molecular formula is C17H23IN4O3. The van der Waals surface area contributed by atoms with Crippen LogP contribution in [-0.4, -0.2) is 37.1 Å². The third-order valence-electron chi connectivity index (χ3n) is 3.89. The molecule has 0 fully saturated rings. The topological polar surface area (TPSA) is 90.6 Å². The van der Waals surface area contributed by atoms with Crippen LogP contribution in [0.25, 0.3) is 10.9 Å². The van der Waals surface area contributed by atoms with Crippen LogP contribution in [0.5, 0.6) is 11.5 Å². The van der Waals surface area contributed by atoms with E-state index >= 15 is 0 Å². The SMILES string of the molecule is COc1c(OC)c(N(C)C(C)=O)c2c(N)nc(C(C)(C)C)nc2c1I. The third kappa shape index (κ3) is 3.31. The van der Waals surface area contributed by atoms with E-state index in [1.54, 1.807) is 14.2 Å². The van der Waals surface area contributed by atoms with Crippen molar-refractivity contribution >= 4 is 50.9 Å². The van der Waals surface area contributed by atoms with Crippen molar-refractivity contribution in [1.82, 2.24) is 9.97 Å². The highest BCUT2D eigenvalue weighted by Crippen LogP contribution is 2.48. The lowest BCUT2D eigenvalue weighted by Gasteiger charge is -2.25. The lowest BCUT2D eigenvalue weighted by molar-refractivity contribution is -0.116. The summed E-state index contributed by atoms with van der Waals surface area (Å²) in [5.41, 5.74) is 7.15. The molecule has 0 spiro atoms. The molecule has 2 rings (SSSR count). The molecule has 0 aliphatic heterocycles. The van der Waals surface area contributed by atoms with Gasteiger partial charge in [-0.15, -0.1) is 0 Å². The predicted octanol–water partition coefficient (Wildman–Crippen LogP) is 3.11. The zero-order valence-electron chi connectivity index (χ0n) is 15.5. The number of amides is 1. The van der Waals surface area contributed by atoms with Gasteiger partial charge < -0.3 is 20.1 Å². The Morgan fingerprint density at radius 3 is 2.16 bits per heavy atom. The summed E-state index contributed by atoms with van der Waals surface area (Å²) in [7, 11) is 4.74. The Hall–Kier alpha value is -1.84. The Bertz CT molecular complexity index is 846. The fourth-order valence-corrected chi connectivity index (χ4v) is 3.34. The first-order valence-electron chi connectivity index (χ1n) is 7.70. The van der Waals surface area contributed by atoms with E-state index in [0.29, 0.717) is 39.7 Å². The number of anilines is 2. The maximum Gasteiger partial charge on any atom is 0.223 e. The lowest BCUT2D eigenvalue weighted by atomic mass is 9.95. The first kappa shape index (κ1) is 19.5. The number of halogens is 1. The first-order chi connectivity index (χ1) is 11.5. The van der Waals surface area contributed by atoms with E-state index in [4.69, 9.17) is 20.2 Å². The summed E-state index contributed by atoms with van der Waals surface area (Å²) in [5, 5.41) is 0.577. The zero-order chi connectivity index (χ0) is 19.1. The summed E-state index contributed by atoms with van der Waals surface area (Å²) >= 11 is 2.15. The Balaban J connectivity index is 3.07. The Morgan fingerprint density at radius 1 is 1.16 bits per heavy atom. The number of nitrogens with zero attached hydrogens (tertiary/aromatic N) is 3. The van der Waals surface area contributed by atoms with Gasteiger partial charge in [0.1, 0.15) is 17.3 Å². The Labute approximate surface area is 161 Å². The second kappa shape index (κ2) is 6.81. The predicted molar refractivity (Wildman–Crippen MR) is 108 cm³/mol. The van der Waals surface area contributed by atoms with Crippen LogP contribution in [0.15, 0.2) is 0 Å². The molecule has 8 heteroatoms. The summed E-state index contributed by atoms with van der Waals surface area (Å²) in [6.07, 6.45) is 0. The van der Waals surface area contributed by atoms with Gasteiger partial charge in [0.15, 0.2) is 11.5 Å². The van der Waals surface area contributed by atoms with E-state index in [2.05, 4.69) is 27.6 Å². The highest BCUT2D eigenvalue weighted by molar-refractivity contribution is 14.1. The largest absolute Gasteiger partial charge is 0.492 e. The maximum absolute atomic E-state index is 12.0. The van der Waals surface area contributed by atoms with Gasteiger partial charge in [-0.2, -0.15) is 0 Å². The molecule has 2 N–H and O–H groups in total. The zero-order valence-corrected chi connectivity index (χ0v) is 17.7. The number of ether oxygens (including phenoxy) is 2. The molecular weight excluding hydrogens is 435 g/mol. The van der Waals surface area contributed by atoms with Crippen molar-refractivity contribution in [2.75, 3.05) is 31.9 Å². The number of hydrogen-bond donors (Lipinski definition) is 1. The van der Waals surface area contributed by atoms with Gasteiger partial charge in [0.2, 0.25) is 5.91 Å². The molecule has 1 heterocycles. The van der Waals surface area contributed by atoms with Crippen molar-refractivity contribution < 1.29 is 14.3 Å². The van der Waals surface area contributed by atoms with Crippen LogP contribution in [0.3, 0.4) is 0 Å². The van der Waals surface area contributed by atoms with Crippen molar-refractivity contribution in [3.8, 4) is 11.5 Å². The highest BCUT2D eigenvalue weighted by atomic mass is 127. The minimum atomic E-state index is -0.273. The van der Waals surface area contributed by atoms with E-state index < -0.39 is 0 Å². The number of aromatic nitrogens is 2. The molecule has 0 unspecified atom stereocenters. The Morgan fingerprint density at radius 2 is 1.72 bits per heavy atom. The molecule has 1 aromatic heterocycles. The van der Waals surface area contributed by atoms with Gasteiger partial charge in [0.05, 0.1) is 28.7 Å². The first-order valence-corrected chi connectivity index (χ1v) is 8.77. The number of methoxy groups -OCH3 is 2. The number of hydrogen-bond acceptors (Lipinski definition) is 6. The molecule has 136 valence electrons. The number of fused-ring (bicyclic) bond motifs is 1. The fourth-order valence-electron chi connectivity index (χ4n) is 2.48. The quantitative estimate of drug-likeness (QED) is 0.711. The summed E-state index contributed by atoms with van der Waals surface area (Å²) in [4.78, 5) is 22.7. The second-order valence-corrected chi connectivity index (χ2v) is 7.79. The van der Waals surface area contributed by atoms with Crippen LogP contribution in [0, 0.1) is 3.57 Å². The summed E-state index contributed by atoms with van der Waals surface area (Å²) in [5.74, 6) is 1.70. The lowest BCUT2D eigenvalue weighted by Crippen LogP contribution is -2.25. The molecule has 1 amide bonds. The van der Waals surface area contributed by atoms with Crippen LogP contribution in [0.1, 0.15) is 33.5 Å². The number of carbonyl (C=O) groups excluding carboxylic acids is 1. The highest BCUT2D eigenvalue weighted by Gasteiger charge is 2.29. The van der Waals surface area contributed by atoms with Crippen LogP contribution in [0.4, 0.5) is 11.5 Å². The molecule has 0 bridgehead atoms. The van der Waals surface area contributed by atoms with E-state index in [9.17, 15) is 4.79 Å². The van der Waals surface area contributed by atoms with E-state index in [-0.39, 0.29) is 11.3 Å². The molecule has 0 saturated heterocycles. The van der Waals surface area contributed by atoms with E-state index in [1.165, 1.54) is 18.9 Å². The molecule has 1 aromatic carbocycles. The third-order valence-corrected chi connectivity index (χ3v) is 4.89. The number of nitrogen functional groups attached to an aromatic ring is 1. The molecule has 0 aliphatic rings. The number of benzene rings is 1. The Kier molecular flexibility index (Phi) is 5.31. The van der Waals surface area contributed by atoms with Crippen LogP contribution < -0.4 is 20.1 Å². The minimum Gasteiger partial charge on any atom is -0.492 e. The minimum absolute atomic E-state index is 0.165. The smallest absolute Gasteiger partial charge is 0.223 e. The standard InChI is InChI=1S/C17H23IN4O3/c1-8(23)22(5)12-9-11(10(18)13(24-6)14(12)25-7)20-16(17(2,3)4)21-15(9)19/h1-7H3,(H2,19,20,21). The fraction of sp³-hybridized carbons (Fsp3) is 0.471. The van der Waals surface area contributed by atoms with Crippen molar-refractivity contribution in [3.63, 3.8) is 0 Å². The molecule has 25 heavy (non-hydrogen) atoms. The summed E-state index contributed by atoms with van der Waals surface area (Å²) < 4.78 is 11.8. The number of nitrogens with two attached hydrogens (primary N) is 1. The molecule has 7 nitrogen and oxygen atoms in total. The van der Waals surface area contributed by atoms with E-state index in [0.717, 1.165) is 3.57 Å². The molecule has 0 saturated carbocycles. The number of rotatable bonds is 3. The summed E-state index contributed by atoms with van der Waals surface area (Å²) in [6.45, 7) is 7.52. The van der Waals surface area contributed by atoms with Crippen molar-refractivity contribution in [2.45, 2.75) is 33.1 Å². The molecule has 2 aromatic rings. The molecule has 0 atom stereocenters. The van der Waals surface area contributed by atoms with Crippen LogP contribution >= 0.6 is 22.6 Å². The average Bonchev–Trinajstić information content (AvgIpc) is 2.53. The van der Waals surface area contributed by atoms with Gasteiger partial charge in [0, 0.05) is 19.4 Å². The van der Waals surface area contributed by atoms with Gasteiger partial charge in [-0.05, 0) is 22.6 Å². The van der Waals surface area contributed by atoms with Gasteiger partial charge >= 0.3 is 0 Å². The van der Waals surface area contributed by atoms with Crippen molar-refractivity contribution in [1.29, 1.82) is 0 Å². The van der Waals surface area contributed by atoms with Crippen molar-refractivity contribution in [3.05, 3.63) is 9.39 Å². The van der Waals surface area contributed by atoms with Crippen LogP contribution in [-0.2, 0) is 10.2 Å². The van der Waals surface area contributed by atoms with E-state index in [1.807, 2.05) is 20.8 Å². The molecule has 0 radical (unpaired) electrons. The van der Waals surface area contributed by atoms with Gasteiger partial charge in [0.25, 0.3) is 0 Å². The monoisotopic (exact) mass is 458 g/mol. The maximum atomic E-state index is 12.0. The van der Waals surface area contributed by atoms with Gasteiger partial charge in [-0.1, -0.05) is 20.8 Å². The number of carbonyl (C=O) groups is 1. The summed E-state index contributed by atoms with van der Waals surface area (Å²) in [6, 6.07) is 0. The van der Waals surface area contributed by atoms with Crippen LogP contribution in [0.2, 0.25) is 0 Å². The normalized spacial score (nSPS) is 11.5. The molecule has 0 aliphatic carbocycles. The van der Waals surface area contributed by atoms with Gasteiger partial charge in [-0.25, -0.2) is 9.97 Å².